The number of anilines is 1. The fraction of sp³-hybridized carbons (Fsp3) is 0.200. The highest BCUT2D eigenvalue weighted by Gasteiger charge is 2.11. The molecule has 4 nitrogen and oxygen atoms in total. The number of amides is 1. The van der Waals surface area contributed by atoms with E-state index in [1.165, 1.54) is 0 Å². The summed E-state index contributed by atoms with van der Waals surface area (Å²) in [7, 11) is 0. The molecule has 0 spiro atoms. The van der Waals surface area contributed by atoms with Crippen molar-refractivity contribution in [1.29, 1.82) is 0 Å². The first-order valence-corrected chi connectivity index (χ1v) is 6.20. The standard InChI is InChI=1S/C15H17N3O/c1-11-4-2-6-13(16)14(11)15(19)18-9-7-12-5-3-8-17-10-12/h2-6,8,10H,7,9,16H2,1H3,(H,18,19). The Kier molecular flexibility index (Phi) is 4.13. The molecule has 0 saturated carbocycles. The smallest absolute Gasteiger partial charge is 0.253 e. The molecule has 98 valence electrons. The van der Waals surface area contributed by atoms with Crippen LogP contribution >= 0.6 is 0 Å². The van der Waals surface area contributed by atoms with E-state index in [1.807, 2.05) is 31.2 Å². The molecule has 4 heteroatoms. The highest BCUT2D eigenvalue weighted by Crippen LogP contribution is 2.15. The summed E-state index contributed by atoms with van der Waals surface area (Å²) >= 11 is 0. The summed E-state index contributed by atoms with van der Waals surface area (Å²) in [5.74, 6) is -0.125. The summed E-state index contributed by atoms with van der Waals surface area (Å²) < 4.78 is 0. The van der Waals surface area contributed by atoms with E-state index in [2.05, 4.69) is 10.3 Å². The second-order valence-electron chi connectivity index (χ2n) is 4.41. The molecule has 3 N–H and O–H groups in total. The van der Waals surface area contributed by atoms with Crippen LogP contribution in [0.1, 0.15) is 21.5 Å². The van der Waals surface area contributed by atoms with Crippen LogP contribution in [0.2, 0.25) is 0 Å². The minimum absolute atomic E-state index is 0.125. The molecular weight excluding hydrogens is 238 g/mol. The molecule has 2 rings (SSSR count). The molecule has 0 saturated heterocycles. The van der Waals surface area contributed by atoms with E-state index in [9.17, 15) is 4.79 Å². The van der Waals surface area contributed by atoms with Gasteiger partial charge in [0.25, 0.3) is 5.91 Å². The van der Waals surface area contributed by atoms with Gasteiger partial charge in [-0.25, -0.2) is 0 Å². The lowest BCUT2D eigenvalue weighted by Gasteiger charge is -2.10. The largest absolute Gasteiger partial charge is 0.398 e. The van der Waals surface area contributed by atoms with Gasteiger partial charge in [0.05, 0.1) is 5.56 Å². The van der Waals surface area contributed by atoms with Gasteiger partial charge in [0.2, 0.25) is 0 Å². The molecule has 1 aromatic heterocycles. The summed E-state index contributed by atoms with van der Waals surface area (Å²) in [4.78, 5) is 16.1. The lowest BCUT2D eigenvalue weighted by Crippen LogP contribution is -2.27. The second-order valence-corrected chi connectivity index (χ2v) is 4.41. The van der Waals surface area contributed by atoms with Gasteiger partial charge >= 0.3 is 0 Å². The maximum Gasteiger partial charge on any atom is 0.253 e. The maximum atomic E-state index is 12.1. The van der Waals surface area contributed by atoms with Crippen molar-refractivity contribution in [1.82, 2.24) is 10.3 Å². The van der Waals surface area contributed by atoms with Gasteiger partial charge < -0.3 is 11.1 Å². The van der Waals surface area contributed by atoms with E-state index in [-0.39, 0.29) is 5.91 Å². The number of nitrogen functional groups attached to an aromatic ring is 1. The SMILES string of the molecule is Cc1cccc(N)c1C(=O)NCCc1cccnc1. The van der Waals surface area contributed by atoms with E-state index in [0.717, 1.165) is 17.5 Å². The molecule has 1 aromatic carbocycles. The fourth-order valence-corrected chi connectivity index (χ4v) is 1.96. The molecule has 19 heavy (non-hydrogen) atoms. The van der Waals surface area contributed by atoms with Gasteiger partial charge in [-0.15, -0.1) is 0 Å². The number of pyridine rings is 1. The molecule has 0 aliphatic carbocycles. The molecular formula is C15H17N3O. The average molecular weight is 255 g/mol. The molecule has 0 bridgehead atoms. The Balaban J connectivity index is 1.95. The minimum Gasteiger partial charge on any atom is -0.398 e. The predicted octanol–water partition coefficient (Wildman–Crippen LogP) is 1.94. The third-order valence-corrected chi connectivity index (χ3v) is 2.95. The van der Waals surface area contributed by atoms with Crippen molar-refractivity contribution in [3.63, 3.8) is 0 Å². The molecule has 0 fully saturated rings. The first-order valence-electron chi connectivity index (χ1n) is 6.20. The Morgan fingerprint density at radius 3 is 2.84 bits per heavy atom. The van der Waals surface area contributed by atoms with E-state index >= 15 is 0 Å². The monoisotopic (exact) mass is 255 g/mol. The molecule has 0 aliphatic rings. The Labute approximate surface area is 112 Å². The maximum absolute atomic E-state index is 12.1. The number of benzene rings is 1. The first-order chi connectivity index (χ1) is 9.18. The van der Waals surface area contributed by atoms with Crippen LogP contribution in [0.15, 0.2) is 42.7 Å². The lowest BCUT2D eigenvalue weighted by atomic mass is 10.1. The highest BCUT2D eigenvalue weighted by molar-refractivity contribution is 6.00. The summed E-state index contributed by atoms with van der Waals surface area (Å²) in [5.41, 5.74) is 8.90. The Bertz CT molecular complexity index is 547. The van der Waals surface area contributed by atoms with E-state index in [4.69, 9.17) is 5.73 Å². The zero-order valence-corrected chi connectivity index (χ0v) is 10.9. The Morgan fingerprint density at radius 2 is 2.16 bits per heavy atom. The molecule has 0 radical (unpaired) electrons. The van der Waals surface area contributed by atoms with Gasteiger partial charge in [0.15, 0.2) is 0 Å². The van der Waals surface area contributed by atoms with Crippen LogP contribution in [0, 0.1) is 6.92 Å². The Morgan fingerprint density at radius 1 is 1.32 bits per heavy atom. The highest BCUT2D eigenvalue weighted by atomic mass is 16.1. The van der Waals surface area contributed by atoms with Crippen LogP contribution in [0.5, 0.6) is 0 Å². The van der Waals surface area contributed by atoms with E-state index < -0.39 is 0 Å². The molecule has 0 unspecified atom stereocenters. The van der Waals surface area contributed by atoms with Crippen molar-refractivity contribution < 1.29 is 4.79 Å². The van der Waals surface area contributed by atoms with Crippen LogP contribution < -0.4 is 11.1 Å². The zero-order chi connectivity index (χ0) is 13.7. The van der Waals surface area contributed by atoms with E-state index in [0.29, 0.717) is 17.8 Å². The number of carbonyl (C=O) groups is 1. The number of aryl methyl sites for hydroxylation is 1. The number of hydrogen-bond donors (Lipinski definition) is 2. The molecule has 1 heterocycles. The Hall–Kier alpha value is -2.36. The van der Waals surface area contributed by atoms with Gasteiger partial charge in [0, 0.05) is 24.6 Å². The van der Waals surface area contributed by atoms with Crippen molar-refractivity contribution in [2.45, 2.75) is 13.3 Å². The lowest BCUT2D eigenvalue weighted by molar-refractivity contribution is 0.0954. The van der Waals surface area contributed by atoms with Crippen LogP contribution in [-0.2, 0) is 6.42 Å². The van der Waals surface area contributed by atoms with Gasteiger partial charge in [0.1, 0.15) is 0 Å². The molecule has 0 atom stereocenters. The van der Waals surface area contributed by atoms with Crippen molar-refractivity contribution in [3.8, 4) is 0 Å². The summed E-state index contributed by atoms with van der Waals surface area (Å²) in [6.07, 6.45) is 4.29. The second kappa shape index (κ2) is 6.00. The van der Waals surface area contributed by atoms with Crippen molar-refractivity contribution >= 4 is 11.6 Å². The summed E-state index contributed by atoms with van der Waals surface area (Å²) in [6, 6.07) is 9.34. The van der Waals surface area contributed by atoms with Crippen molar-refractivity contribution in [2.75, 3.05) is 12.3 Å². The number of nitrogens with zero attached hydrogens (tertiary/aromatic N) is 1. The van der Waals surface area contributed by atoms with Crippen molar-refractivity contribution in [3.05, 3.63) is 59.4 Å². The summed E-state index contributed by atoms with van der Waals surface area (Å²) in [6.45, 7) is 2.45. The third-order valence-electron chi connectivity index (χ3n) is 2.95. The zero-order valence-electron chi connectivity index (χ0n) is 10.9. The quantitative estimate of drug-likeness (QED) is 0.820. The van der Waals surface area contributed by atoms with Crippen LogP contribution in [0.25, 0.3) is 0 Å². The predicted molar refractivity (Wildman–Crippen MR) is 75.9 cm³/mol. The number of carbonyl (C=O) groups excluding carboxylic acids is 1. The fourth-order valence-electron chi connectivity index (χ4n) is 1.96. The normalized spacial score (nSPS) is 10.2. The van der Waals surface area contributed by atoms with Crippen molar-refractivity contribution in [2.24, 2.45) is 0 Å². The number of hydrogen-bond acceptors (Lipinski definition) is 3. The van der Waals surface area contributed by atoms with Crippen LogP contribution in [-0.4, -0.2) is 17.4 Å². The number of rotatable bonds is 4. The molecule has 2 aromatic rings. The van der Waals surface area contributed by atoms with Gasteiger partial charge in [-0.05, 0) is 36.6 Å². The van der Waals surface area contributed by atoms with Crippen LogP contribution in [0.4, 0.5) is 5.69 Å². The van der Waals surface area contributed by atoms with E-state index in [1.54, 1.807) is 18.5 Å². The van der Waals surface area contributed by atoms with Gasteiger partial charge in [-0.2, -0.15) is 0 Å². The topological polar surface area (TPSA) is 68.0 Å². The molecule has 0 aliphatic heterocycles. The van der Waals surface area contributed by atoms with Gasteiger partial charge in [-0.1, -0.05) is 18.2 Å². The number of aromatic nitrogens is 1. The number of nitrogens with two attached hydrogens (primary N) is 1. The first kappa shape index (κ1) is 13.1. The van der Waals surface area contributed by atoms with Gasteiger partial charge in [-0.3, -0.25) is 9.78 Å². The molecule has 1 amide bonds. The average Bonchev–Trinajstić information content (AvgIpc) is 2.40. The minimum atomic E-state index is -0.125. The van der Waals surface area contributed by atoms with Crippen LogP contribution in [0.3, 0.4) is 0 Å². The third kappa shape index (κ3) is 3.31. The summed E-state index contributed by atoms with van der Waals surface area (Å²) in [5, 5.41) is 2.88. The number of nitrogens with one attached hydrogen (secondary N) is 1.